The number of methoxy groups -OCH3 is 2. The molecule has 1 unspecified atom stereocenters. The molecular weight excluding hydrogens is 314 g/mol. The maximum atomic E-state index is 12.2. The van der Waals surface area contributed by atoms with E-state index in [4.69, 9.17) is 0 Å². The average molecular weight is 337 g/mol. The summed E-state index contributed by atoms with van der Waals surface area (Å²) in [4.78, 5) is 45.9. The van der Waals surface area contributed by atoms with Crippen molar-refractivity contribution in [1.29, 1.82) is 0 Å². The molecule has 24 heavy (non-hydrogen) atoms. The van der Waals surface area contributed by atoms with Crippen molar-refractivity contribution in [3.05, 3.63) is 35.4 Å². The topological polar surface area (TPSA) is 98.8 Å². The van der Waals surface area contributed by atoms with Gasteiger partial charge in [-0.3, -0.25) is 14.4 Å². The fourth-order valence-electron chi connectivity index (χ4n) is 1.80. The third-order valence-corrected chi connectivity index (χ3v) is 2.99. The van der Waals surface area contributed by atoms with Crippen molar-refractivity contribution < 1.29 is 28.7 Å². The number of esters is 2. The SMILES string of the molecule is CC.COC(=O)CCC(NC(=O)c1ccccc1C=O)C(=O)OC. The Kier molecular flexibility index (Phi) is 10.5. The quantitative estimate of drug-likeness (QED) is 0.601. The highest BCUT2D eigenvalue weighted by molar-refractivity contribution is 6.02. The van der Waals surface area contributed by atoms with Crippen molar-refractivity contribution in [2.24, 2.45) is 0 Å². The molecule has 0 aliphatic rings. The van der Waals surface area contributed by atoms with Gasteiger partial charge in [-0.2, -0.15) is 0 Å². The molecule has 0 aliphatic heterocycles. The number of hydrogen-bond donors (Lipinski definition) is 1. The van der Waals surface area contributed by atoms with Gasteiger partial charge >= 0.3 is 11.9 Å². The van der Waals surface area contributed by atoms with Gasteiger partial charge < -0.3 is 14.8 Å². The summed E-state index contributed by atoms with van der Waals surface area (Å²) in [6, 6.07) is 5.17. The first-order valence-electron chi connectivity index (χ1n) is 7.53. The number of rotatable bonds is 7. The van der Waals surface area contributed by atoms with E-state index >= 15 is 0 Å². The molecule has 7 heteroatoms. The normalized spacial score (nSPS) is 10.5. The van der Waals surface area contributed by atoms with Crippen molar-refractivity contribution in [2.45, 2.75) is 32.7 Å². The molecule has 1 N–H and O–H groups in total. The molecule has 0 spiro atoms. The second kappa shape index (κ2) is 11.8. The molecule has 7 nitrogen and oxygen atoms in total. The highest BCUT2D eigenvalue weighted by Crippen LogP contribution is 2.08. The molecule has 1 aromatic rings. The zero-order valence-electron chi connectivity index (χ0n) is 14.3. The van der Waals surface area contributed by atoms with Gasteiger partial charge in [-0.25, -0.2) is 4.79 Å². The Bertz CT molecular complexity index is 570. The van der Waals surface area contributed by atoms with Gasteiger partial charge in [0.25, 0.3) is 5.91 Å². The number of carbonyl (C=O) groups is 4. The largest absolute Gasteiger partial charge is 0.469 e. The second-order valence-electron chi connectivity index (χ2n) is 4.37. The van der Waals surface area contributed by atoms with Crippen molar-refractivity contribution in [2.75, 3.05) is 14.2 Å². The molecule has 0 saturated heterocycles. The molecular formula is C17H23NO6. The van der Waals surface area contributed by atoms with Crippen LogP contribution in [-0.4, -0.2) is 44.4 Å². The maximum Gasteiger partial charge on any atom is 0.328 e. The van der Waals surface area contributed by atoms with Crippen LogP contribution in [0.15, 0.2) is 24.3 Å². The number of hydrogen-bond acceptors (Lipinski definition) is 6. The van der Waals surface area contributed by atoms with Crippen LogP contribution in [0, 0.1) is 0 Å². The lowest BCUT2D eigenvalue weighted by Crippen LogP contribution is -2.42. The van der Waals surface area contributed by atoms with Crippen molar-refractivity contribution in [3.63, 3.8) is 0 Å². The third-order valence-electron chi connectivity index (χ3n) is 2.99. The summed E-state index contributed by atoms with van der Waals surface area (Å²) in [5, 5.41) is 2.46. The number of nitrogens with one attached hydrogen (secondary N) is 1. The van der Waals surface area contributed by atoms with Crippen molar-refractivity contribution >= 4 is 24.1 Å². The van der Waals surface area contributed by atoms with E-state index in [2.05, 4.69) is 14.8 Å². The van der Waals surface area contributed by atoms with Crippen LogP contribution in [0.5, 0.6) is 0 Å². The first kappa shape index (κ1) is 21.3. The summed E-state index contributed by atoms with van der Waals surface area (Å²) in [6.07, 6.45) is 0.538. The number of aldehydes is 1. The maximum absolute atomic E-state index is 12.2. The van der Waals surface area contributed by atoms with Gasteiger partial charge in [0, 0.05) is 17.5 Å². The molecule has 132 valence electrons. The average Bonchev–Trinajstić information content (AvgIpc) is 2.65. The summed E-state index contributed by atoms with van der Waals surface area (Å²) in [5.41, 5.74) is 0.348. The van der Waals surface area contributed by atoms with Crippen LogP contribution in [0.3, 0.4) is 0 Å². The van der Waals surface area contributed by atoms with Gasteiger partial charge in [-0.05, 0) is 12.5 Å². The zero-order valence-corrected chi connectivity index (χ0v) is 14.3. The van der Waals surface area contributed by atoms with E-state index in [1.54, 1.807) is 12.1 Å². The van der Waals surface area contributed by atoms with E-state index < -0.39 is 23.9 Å². The minimum absolute atomic E-state index is 0.0361. The first-order valence-corrected chi connectivity index (χ1v) is 7.53. The highest BCUT2D eigenvalue weighted by Gasteiger charge is 2.24. The Morgan fingerprint density at radius 1 is 1.12 bits per heavy atom. The van der Waals surface area contributed by atoms with Gasteiger partial charge in [-0.15, -0.1) is 0 Å². The van der Waals surface area contributed by atoms with Gasteiger partial charge in [0.05, 0.1) is 14.2 Å². The van der Waals surface area contributed by atoms with E-state index in [1.165, 1.54) is 26.4 Å². The fraction of sp³-hybridized carbons (Fsp3) is 0.412. The zero-order chi connectivity index (χ0) is 18.5. The van der Waals surface area contributed by atoms with Gasteiger partial charge in [0.2, 0.25) is 0 Å². The van der Waals surface area contributed by atoms with Crippen molar-refractivity contribution in [1.82, 2.24) is 5.32 Å². The van der Waals surface area contributed by atoms with Crippen LogP contribution in [0.4, 0.5) is 0 Å². The Morgan fingerprint density at radius 2 is 1.75 bits per heavy atom. The molecule has 0 aromatic heterocycles. The summed E-state index contributed by atoms with van der Waals surface area (Å²) in [7, 11) is 2.41. The highest BCUT2D eigenvalue weighted by atomic mass is 16.5. The summed E-state index contributed by atoms with van der Waals surface area (Å²) < 4.78 is 9.09. The Morgan fingerprint density at radius 3 is 2.29 bits per heavy atom. The minimum atomic E-state index is -1.00. The molecule has 1 atom stereocenters. The summed E-state index contributed by atoms with van der Waals surface area (Å²) in [6.45, 7) is 4.00. The monoisotopic (exact) mass is 337 g/mol. The predicted octanol–water partition coefficient (Wildman–Crippen LogP) is 1.75. The Hall–Kier alpha value is -2.70. The van der Waals surface area contributed by atoms with Crippen LogP contribution in [0.1, 0.15) is 47.4 Å². The Labute approximate surface area is 141 Å². The van der Waals surface area contributed by atoms with E-state index in [-0.39, 0.29) is 24.0 Å². The lowest BCUT2D eigenvalue weighted by atomic mass is 10.1. The molecule has 1 aromatic carbocycles. The number of ether oxygens (including phenoxy) is 2. The number of carbonyl (C=O) groups excluding carboxylic acids is 4. The molecule has 0 bridgehead atoms. The van der Waals surface area contributed by atoms with E-state index in [9.17, 15) is 19.2 Å². The summed E-state index contributed by atoms with van der Waals surface area (Å²) >= 11 is 0. The van der Waals surface area contributed by atoms with Crippen molar-refractivity contribution in [3.8, 4) is 0 Å². The first-order chi connectivity index (χ1) is 11.5. The molecule has 1 amide bonds. The summed E-state index contributed by atoms with van der Waals surface area (Å²) in [5.74, 6) is -1.78. The smallest absolute Gasteiger partial charge is 0.328 e. The third kappa shape index (κ3) is 6.60. The molecule has 0 heterocycles. The van der Waals surface area contributed by atoms with Crippen LogP contribution < -0.4 is 5.32 Å². The van der Waals surface area contributed by atoms with E-state index in [0.29, 0.717) is 6.29 Å². The van der Waals surface area contributed by atoms with Gasteiger partial charge in [0.1, 0.15) is 6.04 Å². The lowest BCUT2D eigenvalue weighted by Gasteiger charge is -2.16. The van der Waals surface area contributed by atoms with Crippen LogP contribution in [-0.2, 0) is 19.1 Å². The number of amides is 1. The van der Waals surface area contributed by atoms with Crippen LogP contribution in [0.25, 0.3) is 0 Å². The predicted molar refractivity (Wildman–Crippen MR) is 87.7 cm³/mol. The molecule has 0 aliphatic carbocycles. The van der Waals surface area contributed by atoms with Gasteiger partial charge in [-0.1, -0.05) is 32.0 Å². The molecule has 0 saturated carbocycles. The minimum Gasteiger partial charge on any atom is -0.469 e. The lowest BCUT2D eigenvalue weighted by molar-refractivity contribution is -0.144. The van der Waals surface area contributed by atoms with Crippen LogP contribution in [0.2, 0.25) is 0 Å². The Balaban J connectivity index is 0.00000254. The molecule has 0 radical (unpaired) electrons. The fourth-order valence-corrected chi connectivity index (χ4v) is 1.80. The van der Waals surface area contributed by atoms with Crippen LogP contribution >= 0.6 is 0 Å². The van der Waals surface area contributed by atoms with E-state index in [0.717, 1.165) is 0 Å². The standard InChI is InChI=1S/C15H17NO6.C2H6/c1-21-13(18)8-7-12(15(20)22-2)16-14(19)11-6-4-3-5-10(11)9-17;1-2/h3-6,9,12H,7-8H2,1-2H3,(H,16,19);1-2H3. The molecule has 1 rings (SSSR count). The second-order valence-corrected chi connectivity index (χ2v) is 4.37. The molecule has 0 fully saturated rings. The van der Waals surface area contributed by atoms with E-state index in [1.807, 2.05) is 13.8 Å². The van der Waals surface area contributed by atoms with Gasteiger partial charge in [0.15, 0.2) is 6.29 Å². The number of benzene rings is 1.